The molecule has 1 aromatic carbocycles. The predicted octanol–water partition coefficient (Wildman–Crippen LogP) is 2.20. The average molecular weight is 379 g/mol. The number of aryl methyl sites for hydroxylation is 2. The first-order valence-electron chi connectivity index (χ1n) is 8.70. The highest BCUT2D eigenvalue weighted by Gasteiger charge is 2.27. The van der Waals surface area contributed by atoms with Crippen molar-refractivity contribution >= 4 is 10.0 Å². The lowest BCUT2D eigenvalue weighted by molar-refractivity contribution is 0.276. The first-order chi connectivity index (χ1) is 12.4. The molecule has 0 unspecified atom stereocenters. The SMILES string of the molecule is COc1ccc(S(=O)(=O)N2CCCN(Cc3c(C)noc3C)CC2)cc1. The lowest BCUT2D eigenvalue weighted by Gasteiger charge is -2.21. The molecule has 0 atom stereocenters. The number of nitrogens with zero attached hydrogens (tertiary/aromatic N) is 3. The number of sulfonamides is 1. The van der Waals surface area contributed by atoms with Crippen LogP contribution in [0.4, 0.5) is 0 Å². The van der Waals surface area contributed by atoms with Crippen LogP contribution in [-0.2, 0) is 16.6 Å². The summed E-state index contributed by atoms with van der Waals surface area (Å²) < 4.78 is 37.7. The Bertz CT molecular complexity index is 826. The standard InChI is InChI=1S/C18H25N3O4S/c1-14-18(15(2)25-19-14)13-20-9-4-10-21(12-11-20)26(22,23)17-7-5-16(24-3)6-8-17/h5-8H,4,9-13H2,1-3H3. The van der Waals surface area contributed by atoms with Crippen molar-refractivity contribution in [2.45, 2.75) is 31.7 Å². The molecule has 8 heteroatoms. The molecular formula is C18H25N3O4S. The van der Waals surface area contributed by atoms with E-state index in [0.717, 1.165) is 36.5 Å². The molecular weight excluding hydrogens is 354 g/mol. The molecule has 142 valence electrons. The maximum absolute atomic E-state index is 12.9. The molecule has 1 aliphatic heterocycles. The van der Waals surface area contributed by atoms with E-state index in [1.54, 1.807) is 35.7 Å². The molecule has 0 spiro atoms. The van der Waals surface area contributed by atoms with Crippen LogP contribution in [-0.4, -0.2) is 56.1 Å². The van der Waals surface area contributed by atoms with Gasteiger partial charge in [-0.05, 0) is 51.1 Å². The second-order valence-electron chi connectivity index (χ2n) is 6.51. The Labute approximate surface area is 154 Å². The van der Waals surface area contributed by atoms with Crippen LogP contribution >= 0.6 is 0 Å². The van der Waals surface area contributed by atoms with Gasteiger partial charge in [0, 0.05) is 31.7 Å². The number of aromatic nitrogens is 1. The highest BCUT2D eigenvalue weighted by molar-refractivity contribution is 7.89. The minimum Gasteiger partial charge on any atom is -0.497 e. The summed E-state index contributed by atoms with van der Waals surface area (Å²) in [5, 5.41) is 3.99. The Morgan fingerprint density at radius 2 is 1.85 bits per heavy atom. The van der Waals surface area contributed by atoms with Gasteiger partial charge in [0.2, 0.25) is 10.0 Å². The van der Waals surface area contributed by atoms with Gasteiger partial charge in [-0.2, -0.15) is 4.31 Å². The van der Waals surface area contributed by atoms with Gasteiger partial charge in [0.15, 0.2) is 0 Å². The number of hydrogen-bond acceptors (Lipinski definition) is 6. The first-order valence-corrected chi connectivity index (χ1v) is 10.1. The molecule has 1 aromatic heterocycles. The van der Waals surface area contributed by atoms with Crippen LogP contribution in [0.5, 0.6) is 5.75 Å². The van der Waals surface area contributed by atoms with E-state index in [4.69, 9.17) is 9.26 Å². The molecule has 26 heavy (non-hydrogen) atoms. The maximum atomic E-state index is 12.9. The van der Waals surface area contributed by atoms with Crippen LogP contribution in [0, 0.1) is 13.8 Å². The molecule has 1 saturated heterocycles. The van der Waals surface area contributed by atoms with Crippen LogP contribution in [0.1, 0.15) is 23.4 Å². The van der Waals surface area contributed by atoms with Crippen molar-refractivity contribution in [3.63, 3.8) is 0 Å². The predicted molar refractivity (Wildman–Crippen MR) is 97.6 cm³/mol. The lowest BCUT2D eigenvalue weighted by atomic mass is 10.2. The number of hydrogen-bond donors (Lipinski definition) is 0. The van der Waals surface area contributed by atoms with Gasteiger partial charge < -0.3 is 9.26 Å². The van der Waals surface area contributed by atoms with Gasteiger partial charge in [0.05, 0.1) is 17.7 Å². The molecule has 3 rings (SSSR count). The Morgan fingerprint density at radius 1 is 1.12 bits per heavy atom. The fraction of sp³-hybridized carbons (Fsp3) is 0.500. The van der Waals surface area contributed by atoms with Crippen molar-refractivity contribution < 1.29 is 17.7 Å². The van der Waals surface area contributed by atoms with E-state index in [0.29, 0.717) is 30.3 Å². The molecule has 1 fully saturated rings. The van der Waals surface area contributed by atoms with E-state index in [1.807, 2.05) is 13.8 Å². The third-order valence-corrected chi connectivity index (χ3v) is 6.72. The second kappa shape index (κ2) is 7.77. The second-order valence-corrected chi connectivity index (χ2v) is 8.45. The van der Waals surface area contributed by atoms with Crippen molar-refractivity contribution in [1.29, 1.82) is 0 Å². The molecule has 2 aromatic rings. The summed E-state index contributed by atoms with van der Waals surface area (Å²) >= 11 is 0. The normalized spacial score (nSPS) is 17.2. The summed E-state index contributed by atoms with van der Waals surface area (Å²) in [4.78, 5) is 2.56. The zero-order valence-corrected chi connectivity index (χ0v) is 16.3. The van der Waals surface area contributed by atoms with E-state index < -0.39 is 10.0 Å². The van der Waals surface area contributed by atoms with Gasteiger partial charge in [-0.3, -0.25) is 4.90 Å². The Morgan fingerprint density at radius 3 is 2.46 bits per heavy atom. The van der Waals surface area contributed by atoms with Gasteiger partial charge in [-0.15, -0.1) is 0 Å². The molecule has 0 N–H and O–H groups in total. The third-order valence-electron chi connectivity index (χ3n) is 4.81. The summed E-state index contributed by atoms with van der Waals surface area (Å²) in [5.41, 5.74) is 1.99. The van der Waals surface area contributed by atoms with Crippen LogP contribution in [0.15, 0.2) is 33.7 Å². The summed E-state index contributed by atoms with van der Waals surface area (Å²) in [6, 6.07) is 6.55. The summed E-state index contributed by atoms with van der Waals surface area (Å²) in [6.07, 6.45) is 0.790. The third kappa shape index (κ3) is 3.92. The largest absolute Gasteiger partial charge is 0.497 e. The average Bonchev–Trinajstić information content (AvgIpc) is 2.84. The van der Waals surface area contributed by atoms with Gasteiger partial charge in [-0.25, -0.2) is 8.42 Å². The fourth-order valence-electron chi connectivity index (χ4n) is 3.19. The maximum Gasteiger partial charge on any atom is 0.243 e. The van der Waals surface area contributed by atoms with Crippen molar-refractivity contribution in [2.75, 3.05) is 33.3 Å². The molecule has 0 amide bonds. The topological polar surface area (TPSA) is 75.9 Å². The highest BCUT2D eigenvalue weighted by atomic mass is 32.2. The minimum absolute atomic E-state index is 0.303. The summed E-state index contributed by atoms with van der Waals surface area (Å²) in [6.45, 7) is 7.09. The molecule has 0 saturated carbocycles. The van der Waals surface area contributed by atoms with Crippen molar-refractivity contribution in [3.8, 4) is 5.75 Å². The van der Waals surface area contributed by atoms with E-state index in [2.05, 4.69) is 10.1 Å². The monoisotopic (exact) mass is 379 g/mol. The number of ether oxygens (including phenoxy) is 1. The van der Waals surface area contributed by atoms with E-state index >= 15 is 0 Å². The summed E-state index contributed by atoms with van der Waals surface area (Å²) in [7, 11) is -1.93. The van der Waals surface area contributed by atoms with Crippen LogP contribution < -0.4 is 4.74 Å². The molecule has 2 heterocycles. The zero-order valence-electron chi connectivity index (χ0n) is 15.4. The van der Waals surface area contributed by atoms with Gasteiger partial charge in [0.1, 0.15) is 11.5 Å². The Hall–Kier alpha value is -1.90. The van der Waals surface area contributed by atoms with E-state index in [9.17, 15) is 8.42 Å². The Balaban J connectivity index is 1.69. The molecule has 0 aliphatic carbocycles. The van der Waals surface area contributed by atoms with Gasteiger partial charge in [0.25, 0.3) is 0 Å². The van der Waals surface area contributed by atoms with E-state index in [1.165, 1.54) is 0 Å². The zero-order chi connectivity index (χ0) is 18.7. The molecule has 0 bridgehead atoms. The van der Waals surface area contributed by atoms with Crippen molar-refractivity contribution in [1.82, 2.24) is 14.4 Å². The number of benzene rings is 1. The smallest absolute Gasteiger partial charge is 0.243 e. The molecule has 7 nitrogen and oxygen atoms in total. The number of methoxy groups -OCH3 is 1. The Kier molecular flexibility index (Phi) is 5.64. The fourth-order valence-corrected chi connectivity index (χ4v) is 4.66. The lowest BCUT2D eigenvalue weighted by Crippen LogP contribution is -2.35. The van der Waals surface area contributed by atoms with Gasteiger partial charge in [-0.1, -0.05) is 5.16 Å². The molecule has 1 aliphatic rings. The molecule has 0 radical (unpaired) electrons. The van der Waals surface area contributed by atoms with Crippen LogP contribution in [0.2, 0.25) is 0 Å². The van der Waals surface area contributed by atoms with Crippen molar-refractivity contribution in [3.05, 3.63) is 41.3 Å². The van der Waals surface area contributed by atoms with Crippen LogP contribution in [0.3, 0.4) is 0 Å². The highest BCUT2D eigenvalue weighted by Crippen LogP contribution is 2.22. The number of rotatable bonds is 5. The first kappa shape index (κ1) is 18.9. The van der Waals surface area contributed by atoms with Gasteiger partial charge >= 0.3 is 0 Å². The van der Waals surface area contributed by atoms with Crippen molar-refractivity contribution in [2.24, 2.45) is 0 Å². The minimum atomic E-state index is -3.49. The van der Waals surface area contributed by atoms with E-state index in [-0.39, 0.29) is 0 Å². The summed E-state index contributed by atoms with van der Waals surface area (Å²) in [5.74, 6) is 1.47. The quantitative estimate of drug-likeness (QED) is 0.793. The van der Waals surface area contributed by atoms with Crippen LogP contribution in [0.25, 0.3) is 0 Å².